The van der Waals surface area contributed by atoms with Crippen LogP contribution < -0.4 is 5.43 Å². The highest BCUT2D eigenvalue weighted by Gasteiger charge is 2.03. The standard InChI is InChI=1S/C19H29N3O3/c1-2-3-4-5-6-7-8-9-10-11-19(23)21-20-16-17-12-14-18(15-13-17)22(24)25/h12-16H,2-11H2,1H3,(H,21,23). The monoisotopic (exact) mass is 347 g/mol. The van der Waals surface area contributed by atoms with Crippen molar-refractivity contribution in [3.05, 3.63) is 39.9 Å². The molecule has 1 rings (SSSR count). The van der Waals surface area contributed by atoms with Crippen molar-refractivity contribution in [3.63, 3.8) is 0 Å². The van der Waals surface area contributed by atoms with Crippen LogP contribution in [0.15, 0.2) is 29.4 Å². The Morgan fingerprint density at radius 1 is 1.04 bits per heavy atom. The summed E-state index contributed by atoms with van der Waals surface area (Å²) in [4.78, 5) is 21.8. The second kappa shape index (κ2) is 13.1. The lowest BCUT2D eigenvalue weighted by Crippen LogP contribution is -2.16. The minimum atomic E-state index is -0.450. The Bertz CT molecular complexity index is 541. The molecule has 0 aliphatic heterocycles. The molecule has 0 saturated carbocycles. The molecule has 0 radical (unpaired) electrons. The van der Waals surface area contributed by atoms with Gasteiger partial charge >= 0.3 is 0 Å². The number of hydrogen-bond donors (Lipinski definition) is 1. The van der Waals surface area contributed by atoms with Crippen LogP contribution in [0.2, 0.25) is 0 Å². The average Bonchev–Trinajstić information content (AvgIpc) is 2.61. The van der Waals surface area contributed by atoms with Crippen LogP contribution >= 0.6 is 0 Å². The summed E-state index contributed by atoms with van der Waals surface area (Å²) in [6.07, 6.45) is 12.9. The van der Waals surface area contributed by atoms with Crippen molar-refractivity contribution in [2.75, 3.05) is 0 Å². The minimum Gasteiger partial charge on any atom is -0.273 e. The Balaban J connectivity index is 2.07. The number of nitro groups is 1. The van der Waals surface area contributed by atoms with Crippen molar-refractivity contribution in [3.8, 4) is 0 Å². The number of carbonyl (C=O) groups excluding carboxylic acids is 1. The van der Waals surface area contributed by atoms with E-state index in [-0.39, 0.29) is 11.6 Å². The van der Waals surface area contributed by atoms with Crippen LogP contribution in [0.4, 0.5) is 5.69 Å². The van der Waals surface area contributed by atoms with Gasteiger partial charge in [-0.15, -0.1) is 0 Å². The number of nitro benzene ring substituents is 1. The highest BCUT2D eigenvalue weighted by Crippen LogP contribution is 2.11. The summed E-state index contributed by atoms with van der Waals surface area (Å²) in [5.41, 5.74) is 3.23. The summed E-state index contributed by atoms with van der Waals surface area (Å²) >= 11 is 0. The van der Waals surface area contributed by atoms with Crippen LogP contribution in [0.3, 0.4) is 0 Å². The van der Waals surface area contributed by atoms with Gasteiger partial charge in [-0.3, -0.25) is 14.9 Å². The number of nitrogens with zero attached hydrogens (tertiary/aromatic N) is 2. The molecule has 0 aromatic heterocycles. The van der Waals surface area contributed by atoms with Crippen molar-refractivity contribution in [2.24, 2.45) is 5.10 Å². The zero-order valence-electron chi connectivity index (χ0n) is 15.1. The van der Waals surface area contributed by atoms with Crippen LogP contribution in [0.5, 0.6) is 0 Å². The second-order valence-electron chi connectivity index (χ2n) is 6.22. The van der Waals surface area contributed by atoms with Crippen LogP contribution in [0.1, 0.15) is 76.7 Å². The SMILES string of the molecule is CCCCCCCCCCCC(=O)NN=Cc1ccc([N+](=O)[O-])cc1. The van der Waals surface area contributed by atoms with E-state index in [0.717, 1.165) is 12.8 Å². The number of unbranched alkanes of at least 4 members (excludes halogenated alkanes) is 8. The van der Waals surface area contributed by atoms with E-state index in [2.05, 4.69) is 17.5 Å². The molecular weight excluding hydrogens is 318 g/mol. The molecule has 0 unspecified atom stereocenters. The number of hydrogen-bond acceptors (Lipinski definition) is 4. The fourth-order valence-electron chi connectivity index (χ4n) is 2.51. The largest absolute Gasteiger partial charge is 0.273 e. The smallest absolute Gasteiger partial charge is 0.269 e. The Kier molecular flexibility index (Phi) is 10.9. The van der Waals surface area contributed by atoms with E-state index >= 15 is 0 Å². The van der Waals surface area contributed by atoms with Gasteiger partial charge in [0.25, 0.3) is 5.69 Å². The molecular formula is C19H29N3O3. The molecule has 0 saturated heterocycles. The van der Waals surface area contributed by atoms with Crippen LogP contribution in [0, 0.1) is 10.1 Å². The molecule has 6 heteroatoms. The Morgan fingerprint density at radius 3 is 2.16 bits per heavy atom. The van der Waals surface area contributed by atoms with Crippen molar-refractivity contribution in [1.29, 1.82) is 0 Å². The summed E-state index contributed by atoms with van der Waals surface area (Å²) < 4.78 is 0. The number of hydrazone groups is 1. The maximum Gasteiger partial charge on any atom is 0.269 e. The normalized spacial score (nSPS) is 10.9. The minimum absolute atomic E-state index is 0.0338. The van der Waals surface area contributed by atoms with Gasteiger partial charge in [0, 0.05) is 18.6 Å². The molecule has 0 aliphatic carbocycles. The van der Waals surface area contributed by atoms with E-state index in [1.807, 2.05) is 0 Å². The Labute approximate surface area is 149 Å². The van der Waals surface area contributed by atoms with E-state index in [1.54, 1.807) is 12.1 Å². The topological polar surface area (TPSA) is 84.6 Å². The average molecular weight is 347 g/mol. The highest BCUT2D eigenvalue weighted by atomic mass is 16.6. The molecule has 1 aromatic carbocycles. The first kappa shape index (κ1) is 20.8. The van der Waals surface area contributed by atoms with E-state index in [4.69, 9.17) is 0 Å². The molecule has 0 atom stereocenters. The summed E-state index contributed by atoms with van der Waals surface area (Å²) in [5, 5.41) is 14.4. The lowest BCUT2D eigenvalue weighted by atomic mass is 10.1. The van der Waals surface area contributed by atoms with Gasteiger partial charge in [-0.1, -0.05) is 58.3 Å². The lowest BCUT2D eigenvalue weighted by molar-refractivity contribution is -0.384. The van der Waals surface area contributed by atoms with Gasteiger partial charge in [0.15, 0.2) is 0 Å². The number of benzene rings is 1. The van der Waals surface area contributed by atoms with Gasteiger partial charge in [0.05, 0.1) is 11.1 Å². The molecule has 25 heavy (non-hydrogen) atoms. The van der Waals surface area contributed by atoms with E-state index in [0.29, 0.717) is 12.0 Å². The van der Waals surface area contributed by atoms with E-state index in [1.165, 1.54) is 63.3 Å². The molecule has 0 aliphatic rings. The first-order chi connectivity index (χ1) is 12.1. The molecule has 1 amide bonds. The Hall–Kier alpha value is -2.24. The third-order valence-corrected chi connectivity index (χ3v) is 4.01. The fraction of sp³-hybridized carbons (Fsp3) is 0.579. The number of carbonyl (C=O) groups is 1. The molecule has 0 fully saturated rings. The summed E-state index contributed by atoms with van der Waals surface area (Å²) in [7, 11) is 0. The molecule has 0 bridgehead atoms. The zero-order valence-corrected chi connectivity index (χ0v) is 15.1. The second-order valence-corrected chi connectivity index (χ2v) is 6.22. The van der Waals surface area contributed by atoms with Crippen LogP contribution in [-0.4, -0.2) is 17.0 Å². The lowest BCUT2D eigenvalue weighted by Gasteiger charge is -2.02. The van der Waals surface area contributed by atoms with Gasteiger partial charge < -0.3 is 0 Å². The molecule has 0 spiro atoms. The predicted octanol–water partition coefficient (Wildman–Crippen LogP) is 4.97. The summed E-state index contributed by atoms with van der Waals surface area (Å²) in [5.74, 6) is -0.0962. The number of amides is 1. The zero-order chi connectivity index (χ0) is 18.3. The van der Waals surface area contributed by atoms with Crippen molar-refractivity contribution in [2.45, 2.75) is 71.1 Å². The molecule has 6 nitrogen and oxygen atoms in total. The summed E-state index contributed by atoms with van der Waals surface area (Å²) in [6, 6.07) is 6.00. The van der Waals surface area contributed by atoms with Crippen molar-refractivity contribution in [1.82, 2.24) is 5.43 Å². The number of non-ortho nitro benzene ring substituents is 1. The van der Waals surface area contributed by atoms with Gasteiger partial charge in [0.1, 0.15) is 0 Å². The van der Waals surface area contributed by atoms with Gasteiger partial charge in [-0.25, -0.2) is 5.43 Å². The van der Waals surface area contributed by atoms with Gasteiger partial charge in [-0.2, -0.15) is 5.10 Å². The Morgan fingerprint density at radius 2 is 1.60 bits per heavy atom. The van der Waals surface area contributed by atoms with Gasteiger partial charge in [0.2, 0.25) is 5.91 Å². The first-order valence-electron chi connectivity index (χ1n) is 9.20. The highest BCUT2D eigenvalue weighted by molar-refractivity contribution is 5.82. The third-order valence-electron chi connectivity index (χ3n) is 4.01. The first-order valence-corrected chi connectivity index (χ1v) is 9.20. The van der Waals surface area contributed by atoms with E-state index in [9.17, 15) is 14.9 Å². The van der Waals surface area contributed by atoms with Crippen LogP contribution in [-0.2, 0) is 4.79 Å². The van der Waals surface area contributed by atoms with Crippen LogP contribution in [0.25, 0.3) is 0 Å². The number of rotatable bonds is 13. The molecule has 0 heterocycles. The molecule has 138 valence electrons. The van der Waals surface area contributed by atoms with Crippen molar-refractivity contribution < 1.29 is 9.72 Å². The quantitative estimate of drug-likeness (QED) is 0.237. The maximum atomic E-state index is 11.7. The molecule has 1 aromatic rings. The number of nitrogens with one attached hydrogen (secondary N) is 1. The van der Waals surface area contributed by atoms with Gasteiger partial charge in [-0.05, 0) is 24.1 Å². The van der Waals surface area contributed by atoms with Crippen molar-refractivity contribution >= 4 is 17.8 Å². The van der Waals surface area contributed by atoms with E-state index < -0.39 is 4.92 Å². The predicted molar refractivity (Wildman–Crippen MR) is 101 cm³/mol. The molecule has 1 N–H and O–H groups in total. The maximum absolute atomic E-state index is 11.7. The fourth-order valence-corrected chi connectivity index (χ4v) is 2.51. The summed E-state index contributed by atoms with van der Waals surface area (Å²) in [6.45, 7) is 2.22. The third kappa shape index (κ3) is 10.3.